The van der Waals surface area contributed by atoms with E-state index in [-0.39, 0.29) is 18.4 Å². The SMILES string of the molecule is Cc1cccc(OCC(=O)NCC(c2cccs2)c2c[nH]c3ccccc23)c1. The number of H-pyrrole nitrogens is 1. The molecule has 2 heterocycles. The van der Waals surface area contributed by atoms with Crippen molar-refractivity contribution in [1.82, 2.24) is 10.3 Å². The number of rotatable bonds is 7. The highest BCUT2D eigenvalue weighted by atomic mass is 32.1. The van der Waals surface area contributed by atoms with Gasteiger partial charge in [-0.1, -0.05) is 36.4 Å². The van der Waals surface area contributed by atoms with Gasteiger partial charge in [0.1, 0.15) is 5.75 Å². The van der Waals surface area contributed by atoms with Gasteiger partial charge in [-0.15, -0.1) is 11.3 Å². The summed E-state index contributed by atoms with van der Waals surface area (Å²) < 4.78 is 5.62. The van der Waals surface area contributed by atoms with Crippen LogP contribution in [0.3, 0.4) is 0 Å². The molecule has 5 heteroatoms. The molecule has 0 aliphatic carbocycles. The van der Waals surface area contributed by atoms with Gasteiger partial charge in [-0.25, -0.2) is 0 Å². The average Bonchev–Trinajstić information content (AvgIpc) is 3.38. The van der Waals surface area contributed by atoms with Crippen molar-refractivity contribution >= 4 is 28.1 Å². The monoisotopic (exact) mass is 390 g/mol. The first-order valence-corrected chi connectivity index (χ1v) is 10.1. The molecule has 2 aromatic carbocycles. The van der Waals surface area contributed by atoms with E-state index in [1.165, 1.54) is 15.8 Å². The van der Waals surface area contributed by atoms with Crippen LogP contribution in [0.2, 0.25) is 0 Å². The normalized spacial score (nSPS) is 12.0. The van der Waals surface area contributed by atoms with Crippen molar-refractivity contribution in [3.8, 4) is 5.75 Å². The van der Waals surface area contributed by atoms with Crippen molar-refractivity contribution in [2.45, 2.75) is 12.8 Å². The Labute approximate surface area is 168 Å². The molecule has 0 radical (unpaired) electrons. The van der Waals surface area contributed by atoms with Crippen LogP contribution < -0.4 is 10.1 Å². The van der Waals surface area contributed by atoms with Gasteiger partial charge >= 0.3 is 0 Å². The van der Waals surface area contributed by atoms with Gasteiger partial charge in [0.2, 0.25) is 0 Å². The molecule has 2 N–H and O–H groups in total. The van der Waals surface area contributed by atoms with Crippen LogP contribution in [0.4, 0.5) is 0 Å². The number of thiophene rings is 1. The maximum Gasteiger partial charge on any atom is 0.257 e. The lowest BCUT2D eigenvalue weighted by atomic mass is 9.96. The molecule has 142 valence electrons. The molecule has 0 fully saturated rings. The second kappa shape index (κ2) is 8.31. The summed E-state index contributed by atoms with van der Waals surface area (Å²) in [7, 11) is 0. The minimum atomic E-state index is -0.122. The number of carbonyl (C=O) groups excluding carboxylic acids is 1. The first kappa shape index (κ1) is 18.3. The van der Waals surface area contributed by atoms with Crippen molar-refractivity contribution in [2.24, 2.45) is 0 Å². The maximum absolute atomic E-state index is 12.4. The first-order valence-electron chi connectivity index (χ1n) is 9.26. The van der Waals surface area contributed by atoms with E-state index in [0.29, 0.717) is 12.3 Å². The fraction of sp³-hybridized carbons (Fsp3) is 0.174. The molecule has 4 rings (SSSR count). The summed E-state index contributed by atoms with van der Waals surface area (Å²) in [6.07, 6.45) is 2.05. The molecule has 2 aromatic heterocycles. The molecule has 28 heavy (non-hydrogen) atoms. The van der Waals surface area contributed by atoms with Gasteiger partial charge in [-0.3, -0.25) is 4.79 Å². The molecule has 0 saturated carbocycles. The van der Waals surface area contributed by atoms with Gasteiger partial charge in [0, 0.05) is 34.4 Å². The van der Waals surface area contributed by atoms with E-state index in [0.717, 1.165) is 11.1 Å². The number of carbonyl (C=O) groups is 1. The lowest BCUT2D eigenvalue weighted by molar-refractivity contribution is -0.123. The topological polar surface area (TPSA) is 54.1 Å². The van der Waals surface area contributed by atoms with E-state index in [4.69, 9.17) is 4.74 Å². The summed E-state index contributed by atoms with van der Waals surface area (Å²) in [6, 6.07) is 20.1. The Balaban J connectivity index is 1.46. The summed E-state index contributed by atoms with van der Waals surface area (Å²) in [5.74, 6) is 0.684. The molecule has 0 aliphatic rings. The third-order valence-corrected chi connectivity index (χ3v) is 5.73. The van der Waals surface area contributed by atoms with Gasteiger partial charge in [0.25, 0.3) is 5.91 Å². The first-order chi connectivity index (χ1) is 13.7. The number of para-hydroxylation sites is 1. The van der Waals surface area contributed by atoms with Crippen LogP contribution in [-0.2, 0) is 4.79 Å². The maximum atomic E-state index is 12.4. The van der Waals surface area contributed by atoms with Gasteiger partial charge in [-0.05, 0) is 47.7 Å². The minimum Gasteiger partial charge on any atom is -0.484 e. The molecule has 0 bridgehead atoms. The number of ether oxygens (including phenoxy) is 1. The number of hydrogen-bond acceptors (Lipinski definition) is 3. The summed E-state index contributed by atoms with van der Waals surface area (Å²) in [4.78, 5) is 16.9. The molecule has 1 unspecified atom stereocenters. The number of nitrogens with one attached hydrogen (secondary N) is 2. The Morgan fingerprint density at radius 3 is 2.86 bits per heavy atom. The highest BCUT2D eigenvalue weighted by Crippen LogP contribution is 2.32. The number of aromatic amines is 1. The number of aryl methyl sites for hydroxylation is 1. The van der Waals surface area contributed by atoms with Gasteiger partial charge in [0.15, 0.2) is 6.61 Å². The Morgan fingerprint density at radius 2 is 2.04 bits per heavy atom. The Morgan fingerprint density at radius 1 is 1.14 bits per heavy atom. The van der Waals surface area contributed by atoms with Crippen LogP contribution in [0, 0.1) is 6.92 Å². The average molecular weight is 391 g/mol. The molecule has 4 nitrogen and oxygen atoms in total. The van der Waals surface area contributed by atoms with Crippen molar-refractivity contribution in [2.75, 3.05) is 13.2 Å². The number of fused-ring (bicyclic) bond motifs is 1. The van der Waals surface area contributed by atoms with Crippen LogP contribution in [0.5, 0.6) is 5.75 Å². The van der Waals surface area contributed by atoms with Crippen LogP contribution in [0.25, 0.3) is 10.9 Å². The highest BCUT2D eigenvalue weighted by Gasteiger charge is 2.20. The summed E-state index contributed by atoms with van der Waals surface area (Å²) in [6.45, 7) is 2.53. The molecule has 0 aliphatic heterocycles. The lowest BCUT2D eigenvalue weighted by Gasteiger charge is -2.16. The van der Waals surface area contributed by atoms with Crippen LogP contribution in [0.15, 0.2) is 72.2 Å². The van der Waals surface area contributed by atoms with E-state index < -0.39 is 0 Å². The zero-order valence-electron chi connectivity index (χ0n) is 15.6. The molecule has 0 spiro atoms. The highest BCUT2D eigenvalue weighted by molar-refractivity contribution is 7.10. The van der Waals surface area contributed by atoms with E-state index in [9.17, 15) is 4.79 Å². The summed E-state index contributed by atoms with van der Waals surface area (Å²) >= 11 is 1.70. The van der Waals surface area contributed by atoms with Crippen LogP contribution in [-0.4, -0.2) is 24.0 Å². The number of hydrogen-bond donors (Lipinski definition) is 2. The van der Waals surface area contributed by atoms with E-state index >= 15 is 0 Å². The summed E-state index contributed by atoms with van der Waals surface area (Å²) in [5, 5.41) is 6.29. The lowest BCUT2D eigenvalue weighted by Crippen LogP contribution is -2.32. The number of benzene rings is 2. The molecular formula is C23H22N2O2S. The molecular weight excluding hydrogens is 368 g/mol. The third kappa shape index (κ3) is 4.10. The van der Waals surface area contributed by atoms with E-state index in [2.05, 4.69) is 33.9 Å². The zero-order valence-corrected chi connectivity index (χ0v) is 16.5. The third-order valence-electron chi connectivity index (χ3n) is 4.75. The van der Waals surface area contributed by atoms with E-state index in [1.54, 1.807) is 11.3 Å². The Hall–Kier alpha value is -3.05. The minimum absolute atomic E-state index is 0.00843. The summed E-state index contributed by atoms with van der Waals surface area (Å²) in [5.41, 5.74) is 3.40. The Bertz CT molecular complexity index is 1070. The van der Waals surface area contributed by atoms with E-state index in [1.807, 2.05) is 55.6 Å². The number of aromatic nitrogens is 1. The predicted octanol–water partition coefficient (Wildman–Crippen LogP) is 4.86. The smallest absolute Gasteiger partial charge is 0.257 e. The molecule has 1 atom stereocenters. The van der Waals surface area contributed by atoms with Crippen molar-refractivity contribution in [1.29, 1.82) is 0 Å². The van der Waals surface area contributed by atoms with Crippen molar-refractivity contribution in [3.63, 3.8) is 0 Å². The van der Waals surface area contributed by atoms with Crippen LogP contribution in [0.1, 0.15) is 21.9 Å². The second-order valence-electron chi connectivity index (χ2n) is 6.77. The van der Waals surface area contributed by atoms with Gasteiger partial charge in [-0.2, -0.15) is 0 Å². The number of amides is 1. The van der Waals surface area contributed by atoms with Crippen LogP contribution >= 0.6 is 11.3 Å². The quantitative estimate of drug-likeness (QED) is 0.473. The van der Waals surface area contributed by atoms with Gasteiger partial charge < -0.3 is 15.0 Å². The largest absolute Gasteiger partial charge is 0.484 e. The van der Waals surface area contributed by atoms with Gasteiger partial charge in [0.05, 0.1) is 0 Å². The molecule has 4 aromatic rings. The molecule has 1 amide bonds. The fourth-order valence-corrected chi connectivity index (χ4v) is 4.20. The van der Waals surface area contributed by atoms with Crippen molar-refractivity contribution in [3.05, 3.63) is 88.2 Å². The zero-order chi connectivity index (χ0) is 19.3. The standard InChI is InChI=1S/C23H22N2O2S/c1-16-6-4-7-17(12-16)27-15-23(26)25-14-20(22-10-5-11-28-22)19-13-24-21-9-3-2-8-18(19)21/h2-13,20,24H,14-15H2,1H3,(H,25,26). The Kier molecular flexibility index (Phi) is 5.44. The fourth-order valence-electron chi connectivity index (χ4n) is 3.36. The van der Waals surface area contributed by atoms with Crippen molar-refractivity contribution < 1.29 is 9.53 Å². The second-order valence-corrected chi connectivity index (χ2v) is 7.75. The predicted molar refractivity (Wildman–Crippen MR) is 114 cm³/mol. The molecule has 0 saturated heterocycles.